The molecule has 2 bridgehead atoms. The first-order valence-electron chi connectivity index (χ1n) is 13.0. The Hall–Kier alpha value is -2.74. The van der Waals surface area contributed by atoms with E-state index in [0.29, 0.717) is 29.2 Å². The number of amides is 1. The summed E-state index contributed by atoms with van der Waals surface area (Å²) in [5.41, 5.74) is 9.08. The van der Waals surface area contributed by atoms with E-state index in [4.69, 9.17) is 36.6 Å². The van der Waals surface area contributed by atoms with Gasteiger partial charge < -0.3 is 20.0 Å². The molecule has 3 unspecified atom stereocenters. The predicted molar refractivity (Wildman–Crippen MR) is 143 cm³/mol. The third-order valence-electron chi connectivity index (χ3n) is 6.81. The van der Waals surface area contributed by atoms with Crippen LogP contribution in [0.2, 0.25) is 5.02 Å². The van der Waals surface area contributed by atoms with Crippen LogP contribution in [0.25, 0.3) is 10.9 Å². The van der Waals surface area contributed by atoms with Crippen LogP contribution in [0.15, 0.2) is 18.2 Å². The van der Waals surface area contributed by atoms with Crippen molar-refractivity contribution in [1.29, 1.82) is 0 Å². The minimum atomic E-state index is -0.932. The Morgan fingerprint density at radius 1 is 1.08 bits per heavy atom. The minimum absolute atomic E-state index is 0.217. The van der Waals surface area contributed by atoms with Gasteiger partial charge in [0.1, 0.15) is 11.2 Å². The van der Waals surface area contributed by atoms with E-state index in [9.17, 15) is 9.59 Å². The summed E-state index contributed by atoms with van der Waals surface area (Å²) in [5, 5.41) is 2.58. The zero-order chi connectivity index (χ0) is 27.1. The summed E-state index contributed by atoms with van der Waals surface area (Å²) < 4.78 is 10.7. The first kappa shape index (κ1) is 27.3. The Balaban J connectivity index is 1.48. The lowest BCUT2D eigenvalue weighted by Crippen LogP contribution is -2.41. The first-order valence-corrected chi connectivity index (χ1v) is 13.4. The molecule has 0 aliphatic heterocycles. The van der Waals surface area contributed by atoms with Crippen molar-refractivity contribution in [3.05, 3.63) is 34.5 Å². The second kappa shape index (κ2) is 10.2. The van der Waals surface area contributed by atoms with Crippen molar-refractivity contribution in [3.8, 4) is 0 Å². The molecular formula is C28H38ClN3O5. The monoisotopic (exact) mass is 531 g/mol. The number of benzene rings is 1. The van der Waals surface area contributed by atoms with Gasteiger partial charge in [-0.25, -0.2) is 9.59 Å². The Kier molecular flexibility index (Phi) is 7.52. The molecule has 1 heterocycles. The van der Waals surface area contributed by atoms with Crippen LogP contribution < -0.4 is 5.73 Å². The maximum Gasteiger partial charge on any atom is 0.534 e. The fourth-order valence-corrected chi connectivity index (χ4v) is 5.73. The average molecular weight is 532 g/mol. The van der Waals surface area contributed by atoms with Crippen LogP contribution in [-0.4, -0.2) is 40.0 Å². The summed E-state index contributed by atoms with van der Waals surface area (Å²) in [6, 6.07) is 5.66. The third kappa shape index (κ3) is 6.78. The van der Waals surface area contributed by atoms with E-state index < -0.39 is 23.5 Å². The SMILES string of the molecule is CC(C)(C)OC(=O)ON(CCC1CC2Cc3nc4cc(Cl)ccc4c(N)c3C(C1)C2)C(=O)OC(C)(C)C. The van der Waals surface area contributed by atoms with Gasteiger partial charge in [-0.1, -0.05) is 11.6 Å². The van der Waals surface area contributed by atoms with Gasteiger partial charge in [-0.15, -0.1) is 5.06 Å². The molecule has 1 aromatic heterocycles. The van der Waals surface area contributed by atoms with E-state index in [1.165, 1.54) is 0 Å². The lowest BCUT2D eigenvalue weighted by Gasteiger charge is -2.41. The molecular weight excluding hydrogens is 494 g/mol. The average Bonchev–Trinajstić information content (AvgIpc) is 2.73. The molecule has 8 nitrogen and oxygen atoms in total. The van der Waals surface area contributed by atoms with Crippen molar-refractivity contribution in [2.75, 3.05) is 12.3 Å². The van der Waals surface area contributed by atoms with Crippen LogP contribution in [0, 0.1) is 11.8 Å². The van der Waals surface area contributed by atoms with Crippen LogP contribution in [0.3, 0.4) is 0 Å². The number of hydrogen-bond acceptors (Lipinski definition) is 7. The number of carbonyl (C=O) groups excluding carboxylic acids is 2. The van der Waals surface area contributed by atoms with Crippen LogP contribution in [0.5, 0.6) is 0 Å². The van der Waals surface area contributed by atoms with Gasteiger partial charge in [0.2, 0.25) is 0 Å². The van der Waals surface area contributed by atoms with Crippen molar-refractivity contribution < 1.29 is 23.9 Å². The predicted octanol–water partition coefficient (Wildman–Crippen LogP) is 7.02. The first-order chi connectivity index (χ1) is 17.2. The highest BCUT2D eigenvalue weighted by molar-refractivity contribution is 6.31. The summed E-state index contributed by atoms with van der Waals surface area (Å²) in [7, 11) is 0. The van der Waals surface area contributed by atoms with E-state index in [0.717, 1.165) is 58.6 Å². The zero-order valence-corrected chi connectivity index (χ0v) is 23.4. The maximum atomic E-state index is 12.8. The Bertz CT molecular complexity index is 1190. The van der Waals surface area contributed by atoms with Gasteiger partial charge in [0, 0.05) is 27.4 Å². The molecule has 3 atom stereocenters. The number of fused-ring (bicyclic) bond motifs is 5. The molecule has 0 radical (unpaired) electrons. The van der Waals surface area contributed by atoms with Crippen LogP contribution in [0.1, 0.15) is 84.4 Å². The largest absolute Gasteiger partial charge is 0.534 e. The van der Waals surface area contributed by atoms with Crippen molar-refractivity contribution in [2.24, 2.45) is 11.8 Å². The van der Waals surface area contributed by atoms with Crippen molar-refractivity contribution in [3.63, 3.8) is 0 Å². The normalized spacial score (nSPS) is 21.2. The molecule has 1 saturated carbocycles. The number of ether oxygens (including phenoxy) is 2. The molecule has 2 N–H and O–H groups in total. The lowest BCUT2D eigenvalue weighted by atomic mass is 9.65. The van der Waals surface area contributed by atoms with Gasteiger partial charge in [0.25, 0.3) is 0 Å². The van der Waals surface area contributed by atoms with Crippen molar-refractivity contribution in [1.82, 2.24) is 10.0 Å². The number of hydrogen-bond donors (Lipinski definition) is 1. The van der Waals surface area contributed by atoms with Crippen LogP contribution >= 0.6 is 11.6 Å². The third-order valence-corrected chi connectivity index (χ3v) is 7.05. The van der Waals surface area contributed by atoms with Crippen LogP contribution in [0.4, 0.5) is 15.3 Å². The number of nitrogens with two attached hydrogens (primary N) is 1. The number of carbonyl (C=O) groups is 2. The molecule has 1 fully saturated rings. The van der Waals surface area contributed by atoms with E-state index in [-0.39, 0.29) is 6.54 Å². The van der Waals surface area contributed by atoms with Gasteiger partial charge in [0.15, 0.2) is 0 Å². The lowest BCUT2D eigenvalue weighted by molar-refractivity contribution is -0.137. The summed E-state index contributed by atoms with van der Waals surface area (Å²) >= 11 is 6.19. The molecule has 1 aromatic carbocycles. The molecule has 202 valence electrons. The van der Waals surface area contributed by atoms with Gasteiger partial charge in [0.05, 0.1) is 12.1 Å². The van der Waals surface area contributed by atoms with Gasteiger partial charge in [-0.2, -0.15) is 0 Å². The molecule has 1 amide bonds. The number of hydroxylamine groups is 2. The van der Waals surface area contributed by atoms with Gasteiger partial charge in [-0.3, -0.25) is 4.98 Å². The number of rotatable bonds is 3. The summed E-state index contributed by atoms with van der Waals surface area (Å²) in [6.07, 6.45) is 2.93. The molecule has 2 aromatic rings. The standard InChI is InChI=1S/C28H38ClN3O5/c1-27(2,3)35-25(33)32(37-26(34)36-28(4,5)6)10-9-16-11-17-13-18(12-16)23-22(14-17)31-21-15-19(29)7-8-20(21)24(23)30/h7-8,15-18H,9-14H2,1-6H3,(H2,30,31). The number of pyridine rings is 1. The highest BCUT2D eigenvalue weighted by Crippen LogP contribution is 2.49. The molecule has 37 heavy (non-hydrogen) atoms. The van der Waals surface area contributed by atoms with Gasteiger partial charge >= 0.3 is 12.2 Å². The number of aromatic nitrogens is 1. The Morgan fingerprint density at radius 2 is 1.78 bits per heavy atom. The Morgan fingerprint density at radius 3 is 2.46 bits per heavy atom. The minimum Gasteiger partial charge on any atom is -0.442 e. The number of nitrogen functional groups attached to an aromatic ring is 1. The molecule has 2 aliphatic carbocycles. The summed E-state index contributed by atoms with van der Waals surface area (Å²) in [6.45, 7) is 10.7. The highest BCUT2D eigenvalue weighted by Gasteiger charge is 2.38. The zero-order valence-electron chi connectivity index (χ0n) is 22.6. The number of nitrogens with zero attached hydrogens (tertiary/aromatic N) is 2. The second-order valence-corrected chi connectivity index (χ2v) is 12.8. The quantitative estimate of drug-likeness (QED) is 0.335. The number of halogens is 1. The van der Waals surface area contributed by atoms with Crippen molar-refractivity contribution in [2.45, 2.75) is 90.8 Å². The highest BCUT2D eigenvalue weighted by atomic mass is 35.5. The summed E-state index contributed by atoms with van der Waals surface area (Å²) in [4.78, 5) is 35.4. The molecule has 0 saturated heterocycles. The Labute approximate surface area is 223 Å². The fraction of sp³-hybridized carbons (Fsp3) is 0.607. The van der Waals surface area contributed by atoms with E-state index in [2.05, 4.69) is 0 Å². The van der Waals surface area contributed by atoms with Crippen LogP contribution in [-0.2, 0) is 20.7 Å². The van der Waals surface area contributed by atoms with E-state index in [1.807, 2.05) is 18.2 Å². The molecule has 4 rings (SSSR count). The molecule has 2 aliphatic rings. The van der Waals surface area contributed by atoms with E-state index >= 15 is 0 Å². The van der Waals surface area contributed by atoms with Crippen molar-refractivity contribution >= 4 is 40.4 Å². The smallest absolute Gasteiger partial charge is 0.442 e. The van der Waals surface area contributed by atoms with Gasteiger partial charge in [-0.05, 0) is 110 Å². The molecule has 0 spiro atoms. The maximum absolute atomic E-state index is 12.8. The fourth-order valence-electron chi connectivity index (χ4n) is 5.56. The number of anilines is 1. The molecule has 9 heteroatoms. The second-order valence-electron chi connectivity index (χ2n) is 12.3. The topological polar surface area (TPSA) is 104 Å². The van der Waals surface area contributed by atoms with E-state index in [1.54, 1.807) is 41.5 Å². The summed E-state index contributed by atoms with van der Waals surface area (Å²) in [5.74, 6) is 1.13.